The van der Waals surface area contributed by atoms with Gasteiger partial charge in [0, 0.05) is 11.0 Å². The molecule has 0 spiro atoms. The van der Waals surface area contributed by atoms with Crippen molar-refractivity contribution in [1.29, 1.82) is 0 Å². The Morgan fingerprint density at radius 1 is 1.50 bits per heavy atom. The fraction of sp³-hybridized carbons (Fsp3) is 0.400. The van der Waals surface area contributed by atoms with Gasteiger partial charge in [0.05, 0.1) is 19.3 Å². The second-order valence-corrected chi connectivity index (χ2v) is 4.14. The van der Waals surface area contributed by atoms with E-state index in [4.69, 9.17) is 4.74 Å². The van der Waals surface area contributed by atoms with Crippen LogP contribution < -0.4 is 5.32 Å². The molecule has 0 radical (unpaired) electrons. The van der Waals surface area contributed by atoms with Crippen LogP contribution in [0.4, 0.5) is 0 Å². The van der Waals surface area contributed by atoms with Gasteiger partial charge in [0.2, 0.25) is 0 Å². The molecule has 14 heavy (non-hydrogen) atoms. The van der Waals surface area contributed by atoms with Crippen LogP contribution in [0.3, 0.4) is 0 Å². The van der Waals surface area contributed by atoms with Crippen LogP contribution in [-0.4, -0.2) is 24.9 Å². The smallest absolute Gasteiger partial charge is 0.115 e. The van der Waals surface area contributed by atoms with E-state index in [1.165, 1.54) is 0 Å². The molecular formula is C10H12BrNO2. The van der Waals surface area contributed by atoms with E-state index in [9.17, 15) is 5.11 Å². The molecule has 1 atom stereocenters. The second-order valence-electron chi connectivity index (χ2n) is 3.29. The van der Waals surface area contributed by atoms with Crippen LogP contribution in [-0.2, 0) is 4.74 Å². The summed E-state index contributed by atoms with van der Waals surface area (Å²) >= 11 is 3.46. The molecule has 1 aliphatic rings. The number of hydrogen-bond acceptors (Lipinski definition) is 3. The molecule has 1 heterocycles. The summed E-state index contributed by atoms with van der Waals surface area (Å²) in [4.78, 5) is 0. The van der Waals surface area contributed by atoms with E-state index in [-0.39, 0.29) is 11.8 Å². The van der Waals surface area contributed by atoms with E-state index >= 15 is 0 Å². The first kappa shape index (κ1) is 9.96. The highest BCUT2D eigenvalue weighted by atomic mass is 79.9. The molecule has 0 bridgehead atoms. The van der Waals surface area contributed by atoms with Crippen molar-refractivity contribution >= 4 is 15.9 Å². The quantitative estimate of drug-likeness (QED) is 0.807. The maximum absolute atomic E-state index is 9.38. The minimum absolute atomic E-state index is 0.172. The molecule has 1 unspecified atom stereocenters. The number of benzene rings is 1. The van der Waals surface area contributed by atoms with Crippen molar-refractivity contribution < 1.29 is 9.84 Å². The van der Waals surface area contributed by atoms with Crippen molar-refractivity contribution in [2.24, 2.45) is 0 Å². The first-order chi connectivity index (χ1) is 6.77. The fourth-order valence-electron chi connectivity index (χ4n) is 1.56. The van der Waals surface area contributed by atoms with Crippen molar-refractivity contribution in [3.8, 4) is 5.75 Å². The molecule has 76 valence electrons. The Kier molecular flexibility index (Phi) is 3.05. The molecule has 1 aliphatic heterocycles. The Bertz CT molecular complexity index is 324. The number of nitrogens with one attached hydrogen (secondary N) is 1. The molecule has 0 amide bonds. The minimum Gasteiger partial charge on any atom is -0.508 e. The Balaban J connectivity index is 2.24. The number of hydrogen-bond donors (Lipinski definition) is 2. The zero-order valence-corrected chi connectivity index (χ0v) is 9.25. The van der Waals surface area contributed by atoms with Crippen LogP contribution in [0.15, 0.2) is 22.7 Å². The standard InChI is InChI=1S/C10H12BrNO2/c11-9-2-1-7(13)5-8(9)10-6-14-4-3-12-10/h1-2,5,10,12-13H,3-4,6H2. The third kappa shape index (κ3) is 2.08. The van der Waals surface area contributed by atoms with Gasteiger partial charge in [-0.1, -0.05) is 15.9 Å². The summed E-state index contributed by atoms with van der Waals surface area (Å²) in [6.45, 7) is 2.27. The van der Waals surface area contributed by atoms with Gasteiger partial charge in [-0.3, -0.25) is 0 Å². The second kappa shape index (κ2) is 4.29. The number of halogens is 1. The van der Waals surface area contributed by atoms with Gasteiger partial charge in [0.25, 0.3) is 0 Å². The molecule has 4 heteroatoms. The first-order valence-electron chi connectivity index (χ1n) is 4.57. The SMILES string of the molecule is Oc1ccc(Br)c(C2COCCN2)c1. The molecule has 3 nitrogen and oxygen atoms in total. The molecule has 1 aromatic rings. The van der Waals surface area contributed by atoms with E-state index < -0.39 is 0 Å². The van der Waals surface area contributed by atoms with Gasteiger partial charge in [-0.05, 0) is 23.8 Å². The van der Waals surface area contributed by atoms with Crippen LogP contribution >= 0.6 is 15.9 Å². The Morgan fingerprint density at radius 3 is 3.07 bits per heavy atom. The van der Waals surface area contributed by atoms with Crippen molar-refractivity contribution in [2.75, 3.05) is 19.8 Å². The number of rotatable bonds is 1. The van der Waals surface area contributed by atoms with Gasteiger partial charge in [-0.25, -0.2) is 0 Å². The topological polar surface area (TPSA) is 41.5 Å². The Hall–Kier alpha value is -0.580. The monoisotopic (exact) mass is 257 g/mol. The fourth-order valence-corrected chi connectivity index (χ4v) is 2.09. The van der Waals surface area contributed by atoms with Gasteiger partial charge >= 0.3 is 0 Å². The molecule has 0 saturated carbocycles. The summed E-state index contributed by atoms with van der Waals surface area (Å²) < 4.78 is 6.36. The van der Waals surface area contributed by atoms with Gasteiger partial charge in [0.1, 0.15) is 5.75 Å². The van der Waals surface area contributed by atoms with Gasteiger partial charge in [0.15, 0.2) is 0 Å². The highest BCUT2D eigenvalue weighted by Crippen LogP contribution is 2.28. The van der Waals surface area contributed by atoms with Crippen LogP contribution in [0.5, 0.6) is 5.75 Å². The van der Waals surface area contributed by atoms with Crippen molar-refractivity contribution in [3.63, 3.8) is 0 Å². The van der Waals surface area contributed by atoms with Gasteiger partial charge in [-0.15, -0.1) is 0 Å². The van der Waals surface area contributed by atoms with Crippen molar-refractivity contribution in [1.82, 2.24) is 5.32 Å². The maximum atomic E-state index is 9.38. The van der Waals surface area contributed by atoms with Crippen molar-refractivity contribution in [2.45, 2.75) is 6.04 Å². The maximum Gasteiger partial charge on any atom is 0.115 e. The van der Waals surface area contributed by atoms with Crippen LogP contribution in [0.25, 0.3) is 0 Å². The van der Waals surface area contributed by atoms with Gasteiger partial charge in [-0.2, -0.15) is 0 Å². The van der Waals surface area contributed by atoms with Crippen LogP contribution in [0.2, 0.25) is 0 Å². The van der Waals surface area contributed by atoms with Crippen molar-refractivity contribution in [3.05, 3.63) is 28.2 Å². The van der Waals surface area contributed by atoms with E-state index in [1.54, 1.807) is 12.1 Å². The first-order valence-corrected chi connectivity index (χ1v) is 5.36. The lowest BCUT2D eigenvalue weighted by Gasteiger charge is -2.25. The highest BCUT2D eigenvalue weighted by Gasteiger charge is 2.17. The minimum atomic E-state index is 0.172. The normalized spacial score (nSPS) is 22.2. The molecule has 2 N–H and O–H groups in total. The summed E-state index contributed by atoms with van der Waals surface area (Å²) in [6.07, 6.45) is 0. The third-order valence-corrected chi connectivity index (χ3v) is 3.00. The molecule has 1 aromatic carbocycles. The summed E-state index contributed by atoms with van der Waals surface area (Å²) in [5.41, 5.74) is 1.05. The highest BCUT2D eigenvalue weighted by molar-refractivity contribution is 9.10. The summed E-state index contributed by atoms with van der Waals surface area (Å²) in [5, 5.41) is 12.7. The number of ether oxygens (including phenoxy) is 1. The molecule has 0 aromatic heterocycles. The third-order valence-electron chi connectivity index (χ3n) is 2.28. The molecule has 0 aliphatic carbocycles. The lowest BCUT2D eigenvalue weighted by atomic mass is 10.1. The van der Waals surface area contributed by atoms with Crippen LogP contribution in [0, 0.1) is 0 Å². The Labute approximate surface area is 91.2 Å². The molecule has 1 fully saturated rings. The molecular weight excluding hydrogens is 246 g/mol. The summed E-state index contributed by atoms with van der Waals surface area (Å²) in [7, 11) is 0. The average Bonchev–Trinajstić information content (AvgIpc) is 2.23. The Morgan fingerprint density at radius 2 is 2.36 bits per heavy atom. The van der Waals surface area contributed by atoms with Crippen LogP contribution in [0.1, 0.15) is 11.6 Å². The number of phenolic OH excluding ortho intramolecular Hbond substituents is 1. The molecule has 1 saturated heterocycles. The zero-order valence-electron chi connectivity index (χ0n) is 7.66. The predicted molar refractivity (Wildman–Crippen MR) is 57.4 cm³/mol. The largest absolute Gasteiger partial charge is 0.508 e. The van der Waals surface area contributed by atoms with E-state index in [0.717, 1.165) is 23.2 Å². The van der Waals surface area contributed by atoms with E-state index in [2.05, 4.69) is 21.2 Å². The van der Waals surface area contributed by atoms with E-state index in [1.807, 2.05) is 6.07 Å². The number of morpholine rings is 1. The average molecular weight is 258 g/mol. The zero-order chi connectivity index (χ0) is 9.97. The summed E-state index contributed by atoms with van der Waals surface area (Å²) in [6, 6.07) is 5.44. The number of aromatic hydroxyl groups is 1. The van der Waals surface area contributed by atoms with E-state index in [0.29, 0.717) is 6.61 Å². The molecule has 2 rings (SSSR count). The lowest BCUT2D eigenvalue weighted by molar-refractivity contribution is 0.0766. The number of phenols is 1. The lowest BCUT2D eigenvalue weighted by Crippen LogP contribution is -2.34. The van der Waals surface area contributed by atoms with Gasteiger partial charge < -0.3 is 15.2 Å². The predicted octanol–water partition coefficient (Wildman–Crippen LogP) is 1.82. The summed E-state index contributed by atoms with van der Waals surface area (Å²) in [5.74, 6) is 0.288.